The minimum Gasteiger partial charge on any atom is -0.322 e. The fourth-order valence-corrected chi connectivity index (χ4v) is 3.37. The van der Waals surface area contributed by atoms with Crippen LogP contribution in [0.5, 0.6) is 0 Å². The van der Waals surface area contributed by atoms with Crippen molar-refractivity contribution in [2.45, 2.75) is 6.92 Å². The number of hydrogen-bond donors (Lipinski definition) is 2. The molecule has 2 amide bonds. The number of amides is 2. The highest BCUT2D eigenvalue weighted by molar-refractivity contribution is 9.10. The number of hydrogen-bond acceptors (Lipinski definition) is 3. The number of benzene rings is 3. The van der Waals surface area contributed by atoms with E-state index in [0.29, 0.717) is 17.1 Å². The summed E-state index contributed by atoms with van der Waals surface area (Å²) < 4.78 is 2.42. The van der Waals surface area contributed by atoms with Crippen molar-refractivity contribution in [2.24, 2.45) is 0 Å². The van der Waals surface area contributed by atoms with E-state index in [-0.39, 0.29) is 17.4 Å². The van der Waals surface area contributed by atoms with Crippen molar-refractivity contribution < 1.29 is 9.59 Å². The molecule has 0 aliphatic rings. The van der Waals surface area contributed by atoms with Crippen LogP contribution >= 0.6 is 15.9 Å². The standard InChI is InChI=1S/C24H19BrN4O2/c1-16-6-5-7-19(14-16)27-24(31)21-15-26-29(20-8-3-2-4-9-20)22(21)28-23(30)17-10-12-18(25)13-11-17/h2-15H,1H3,(H,27,31)(H,28,30). The summed E-state index contributed by atoms with van der Waals surface area (Å²) in [6.45, 7) is 1.95. The van der Waals surface area contributed by atoms with Gasteiger partial charge in [0.1, 0.15) is 11.4 Å². The average Bonchev–Trinajstić information content (AvgIpc) is 3.18. The van der Waals surface area contributed by atoms with Crippen LogP contribution in [-0.2, 0) is 0 Å². The molecule has 0 bridgehead atoms. The third-order valence-electron chi connectivity index (χ3n) is 4.63. The molecule has 0 aliphatic heterocycles. The van der Waals surface area contributed by atoms with Gasteiger partial charge in [-0.15, -0.1) is 0 Å². The molecule has 0 saturated heterocycles. The topological polar surface area (TPSA) is 76.0 Å². The number of para-hydroxylation sites is 1. The summed E-state index contributed by atoms with van der Waals surface area (Å²) in [5.74, 6) is -0.405. The van der Waals surface area contributed by atoms with Crippen LogP contribution in [0.15, 0.2) is 89.5 Å². The third kappa shape index (κ3) is 4.73. The smallest absolute Gasteiger partial charge is 0.261 e. The van der Waals surface area contributed by atoms with E-state index in [9.17, 15) is 9.59 Å². The van der Waals surface area contributed by atoms with Crippen molar-refractivity contribution in [1.29, 1.82) is 0 Å². The maximum absolute atomic E-state index is 13.0. The van der Waals surface area contributed by atoms with Crippen LogP contribution in [-0.4, -0.2) is 21.6 Å². The highest BCUT2D eigenvalue weighted by Gasteiger charge is 2.21. The predicted molar refractivity (Wildman–Crippen MR) is 125 cm³/mol. The van der Waals surface area contributed by atoms with E-state index in [2.05, 4.69) is 31.7 Å². The summed E-state index contributed by atoms with van der Waals surface area (Å²) >= 11 is 3.37. The fourth-order valence-electron chi connectivity index (χ4n) is 3.10. The minimum absolute atomic E-state index is 0.260. The van der Waals surface area contributed by atoms with Gasteiger partial charge in [-0.05, 0) is 61.0 Å². The van der Waals surface area contributed by atoms with E-state index in [4.69, 9.17) is 0 Å². The van der Waals surface area contributed by atoms with Gasteiger partial charge in [0.25, 0.3) is 11.8 Å². The second-order valence-electron chi connectivity index (χ2n) is 6.94. The predicted octanol–water partition coefficient (Wildman–Crippen LogP) is 5.45. The quantitative estimate of drug-likeness (QED) is 0.403. The summed E-state index contributed by atoms with van der Waals surface area (Å²) in [5.41, 5.74) is 3.15. The minimum atomic E-state index is -0.362. The molecular formula is C24H19BrN4O2. The molecule has 0 spiro atoms. The number of anilines is 2. The number of nitrogens with zero attached hydrogens (tertiary/aromatic N) is 2. The van der Waals surface area contributed by atoms with Crippen LogP contribution < -0.4 is 10.6 Å². The molecule has 0 unspecified atom stereocenters. The van der Waals surface area contributed by atoms with Gasteiger partial charge in [0, 0.05) is 15.7 Å². The first-order valence-electron chi connectivity index (χ1n) is 9.59. The highest BCUT2D eigenvalue weighted by Crippen LogP contribution is 2.23. The van der Waals surface area contributed by atoms with Crippen LogP contribution in [0.1, 0.15) is 26.3 Å². The van der Waals surface area contributed by atoms with Gasteiger partial charge in [0.05, 0.1) is 11.9 Å². The van der Waals surface area contributed by atoms with Gasteiger partial charge < -0.3 is 10.6 Å². The lowest BCUT2D eigenvalue weighted by Gasteiger charge is -2.12. The fraction of sp³-hybridized carbons (Fsp3) is 0.0417. The molecule has 0 aliphatic carbocycles. The molecule has 0 radical (unpaired) electrons. The molecule has 2 N–H and O–H groups in total. The number of aromatic nitrogens is 2. The Morgan fingerprint density at radius 3 is 2.32 bits per heavy atom. The molecule has 4 rings (SSSR count). The van der Waals surface area contributed by atoms with Gasteiger partial charge in [0.15, 0.2) is 0 Å². The molecule has 31 heavy (non-hydrogen) atoms. The normalized spacial score (nSPS) is 10.5. The molecular weight excluding hydrogens is 456 g/mol. The zero-order valence-electron chi connectivity index (χ0n) is 16.7. The van der Waals surface area contributed by atoms with Crippen LogP contribution in [0.25, 0.3) is 5.69 Å². The molecule has 1 heterocycles. The molecule has 0 fully saturated rings. The Morgan fingerprint density at radius 2 is 1.61 bits per heavy atom. The number of carbonyl (C=O) groups excluding carboxylic acids is 2. The Kier molecular flexibility index (Phi) is 5.95. The van der Waals surface area contributed by atoms with Crippen LogP contribution in [0.3, 0.4) is 0 Å². The van der Waals surface area contributed by atoms with Crippen LogP contribution in [0.2, 0.25) is 0 Å². The lowest BCUT2D eigenvalue weighted by atomic mass is 10.2. The first-order chi connectivity index (χ1) is 15.0. The maximum atomic E-state index is 13.0. The summed E-state index contributed by atoms with van der Waals surface area (Å²) in [6.07, 6.45) is 1.45. The summed E-state index contributed by atoms with van der Waals surface area (Å²) in [7, 11) is 0. The number of nitrogens with one attached hydrogen (secondary N) is 2. The lowest BCUT2D eigenvalue weighted by Crippen LogP contribution is -2.19. The molecule has 3 aromatic carbocycles. The largest absolute Gasteiger partial charge is 0.322 e. The second-order valence-corrected chi connectivity index (χ2v) is 7.85. The van der Waals surface area contributed by atoms with Crippen LogP contribution in [0.4, 0.5) is 11.5 Å². The van der Waals surface area contributed by atoms with E-state index >= 15 is 0 Å². The number of carbonyl (C=O) groups is 2. The first kappa shape index (κ1) is 20.6. The Morgan fingerprint density at radius 1 is 0.871 bits per heavy atom. The highest BCUT2D eigenvalue weighted by atomic mass is 79.9. The molecule has 4 aromatic rings. The molecule has 0 atom stereocenters. The molecule has 154 valence electrons. The van der Waals surface area contributed by atoms with Gasteiger partial charge in [-0.3, -0.25) is 9.59 Å². The van der Waals surface area contributed by atoms with E-state index < -0.39 is 0 Å². The van der Waals surface area contributed by atoms with Crippen molar-refractivity contribution in [3.8, 4) is 5.69 Å². The van der Waals surface area contributed by atoms with E-state index in [1.54, 1.807) is 28.9 Å². The summed E-state index contributed by atoms with van der Waals surface area (Å²) in [4.78, 5) is 25.9. The first-order valence-corrected chi connectivity index (χ1v) is 10.4. The number of rotatable bonds is 5. The molecule has 1 aromatic heterocycles. The van der Waals surface area contributed by atoms with Crippen molar-refractivity contribution in [1.82, 2.24) is 9.78 Å². The Labute approximate surface area is 188 Å². The van der Waals surface area contributed by atoms with Crippen molar-refractivity contribution in [3.05, 3.63) is 106 Å². The molecule has 0 saturated carbocycles. The molecule has 6 nitrogen and oxygen atoms in total. The monoisotopic (exact) mass is 474 g/mol. The van der Waals surface area contributed by atoms with Crippen molar-refractivity contribution in [2.75, 3.05) is 10.6 Å². The zero-order valence-corrected chi connectivity index (χ0v) is 18.3. The van der Waals surface area contributed by atoms with Gasteiger partial charge in [-0.2, -0.15) is 5.10 Å². The van der Waals surface area contributed by atoms with E-state index in [1.165, 1.54) is 6.20 Å². The zero-order chi connectivity index (χ0) is 21.8. The van der Waals surface area contributed by atoms with Crippen molar-refractivity contribution >= 4 is 39.2 Å². The number of halogens is 1. The SMILES string of the molecule is Cc1cccc(NC(=O)c2cnn(-c3ccccc3)c2NC(=O)c2ccc(Br)cc2)c1. The second kappa shape index (κ2) is 8.97. The van der Waals surface area contributed by atoms with E-state index in [0.717, 1.165) is 15.7 Å². The maximum Gasteiger partial charge on any atom is 0.261 e. The summed E-state index contributed by atoms with van der Waals surface area (Å²) in [5, 5.41) is 10.1. The summed E-state index contributed by atoms with van der Waals surface area (Å²) in [6, 6.07) is 23.8. The Hall–Kier alpha value is -3.71. The molecule has 7 heteroatoms. The third-order valence-corrected chi connectivity index (χ3v) is 5.16. The van der Waals surface area contributed by atoms with E-state index in [1.807, 2.05) is 61.5 Å². The van der Waals surface area contributed by atoms with Gasteiger partial charge >= 0.3 is 0 Å². The van der Waals surface area contributed by atoms with Gasteiger partial charge in [-0.25, -0.2) is 4.68 Å². The van der Waals surface area contributed by atoms with Crippen molar-refractivity contribution in [3.63, 3.8) is 0 Å². The van der Waals surface area contributed by atoms with Gasteiger partial charge in [0.2, 0.25) is 0 Å². The average molecular weight is 475 g/mol. The lowest BCUT2D eigenvalue weighted by molar-refractivity contribution is 0.102. The number of aryl methyl sites for hydroxylation is 1. The Balaban J connectivity index is 1.70. The Bertz CT molecular complexity index is 1230. The van der Waals surface area contributed by atoms with Crippen LogP contribution in [0, 0.1) is 6.92 Å². The van der Waals surface area contributed by atoms with Gasteiger partial charge in [-0.1, -0.05) is 46.3 Å².